The number of nitrogens with zero attached hydrogens (tertiary/aromatic N) is 1. The maximum Gasteiger partial charge on any atom is 0.251 e. The molecule has 0 aliphatic heterocycles. The van der Waals surface area contributed by atoms with Crippen molar-refractivity contribution in [1.82, 2.24) is 10.3 Å². The molecular weight excluding hydrogens is 455 g/mol. The van der Waals surface area contributed by atoms with Gasteiger partial charge in [-0.05, 0) is 64.8 Å². The number of nitrogens with one attached hydrogen (secondary N) is 1. The number of carbonyl (C=O) groups is 1. The molecular formula is C22H20BrFN2O4. The molecule has 1 heterocycles. The molecule has 3 aromatic rings. The van der Waals surface area contributed by atoms with Crippen LogP contribution in [-0.2, 0) is 6.54 Å². The fourth-order valence-electron chi connectivity index (χ4n) is 2.62. The van der Waals surface area contributed by atoms with Gasteiger partial charge in [-0.3, -0.25) is 4.79 Å². The van der Waals surface area contributed by atoms with E-state index in [0.717, 1.165) is 5.56 Å². The van der Waals surface area contributed by atoms with E-state index >= 15 is 0 Å². The number of aromatic nitrogens is 1. The molecule has 0 saturated heterocycles. The summed E-state index contributed by atoms with van der Waals surface area (Å²) in [5, 5.41) is 2.84. The molecule has 0 aliphatic rings. The number of halogens is 2. The topological polar surface area (TPSA) is 69.7 Å². The van der Waals surface area contributed by atoms with E-state index in [1.54, 1.807) is 30.5 Å². The summed E-state index contributed by atoms with van der Waals surface area (Å²) in [7, 11) is 1.52. The number of methoxy groups -OCH3 is 1. The second-order valence-corrected chi connectivity index (χ2v) is 7.02. The molecule has 1 N–H and O–H groups in total. The summed E-state index contributed by atoms with van der Waals surface area (Å²) in [6.45, 7) is 2.64. The number of rotatable bonds is 8. The van der Waals surface area contributed by atoms with Crippen LogP contribution in [0.15, 0.2) is 59.2 Å². The van der Waals surface area contributed by atoms with E-state index in [2.05, 4.69) is 26.2 Å². The van der Waals surface area contributed by atoms with Gasteiger partial charge in [0.2, 0.25) is 5.88 Å². The second kappa shape index (κ2) is 10.1. The molecule has 0 radical (unpaired) electrons. The van der Waals surface area contributed by atoms with Gasteiger partial charge in [-0.1, -0.05) is 6.07 Å². The van der Waals surface area contributed by atoms with Gasteiger partial charge in [-0.2, -0.15) is 0 Å². The molecule has 3 rings (SSSR count). The Bertz CT molecular complexity index is 1010. The van der Waals surface area contributed by atoms with Gasteiger partial charge in [0.1, 0.15) is 11.6 Å². The summed E-state index contributed by atoms with van der Waals surface area (Å²) in [6, 6.07) is 12.5. The zero-order valence-electron chi connectivity index (χ0n) is 16.4. The van der Waals surface area contributed by atoms with Crippen molar-refractivity contribution in [2.24, 2.45) is 0 Å². The van der Waals surface area contributed by atoms with Crippen molar-refractivity contribution in [3.05, 3.63) is 76.1 Å². The van der Waals surface area contributed by atoms with Crippen LogP contribution in [0.4, 0.5) is 4.39 Å². The van der Waals surface area contributed by atoms with E-state index in [1.165, 1.54) is 31.4 Å². The van der Waals surface area contributed by atoms with Crippen LogP contribution in [0.1, 0.15) is 22.8 Å². The van der Waals surface area contributed by atoms with E-state index < -0.39 is 0 Å². The van der Waals surface area contributed by atoms with Crippen molar-refractivity contribution in [1.29, 1.82) is 0 Å². The molecule has 0 fully saturated rings. The van der Waals surface area contributed by atoms with Crippen LogP contribution >= 0.6 is 15.9 Å². The van der Waals surface area contributed by atoms with Crippen LogP contribution in [-0.4, -0.2) is 24.6 Å². The highest BCUT2D eigenvalue weighted by Gasteiger charge is 2.15. The minimum Gasteiger partial charge on any atom is -0.493 e. The Balaban J connectivity index is 1.62. The van der Waals surface area contributed by atoms with Gasteiger partial charge in [-0.25, -0.2) is 9.37 Å². The molecule has 0 aliphatic carbocycles. The van der Waals surface area contributed by atoms with Gasteiger partial charge in [0.05, 0.1) is 18.2 Å². The summed E-state index contributed by atoms with van der Waals surface area (Å²) in [5.74, 6) is 1.29. The number of pyridine rings is 1. The monoisotopic (exact) mass is 474 g/mol. The maximum absolute atomic E-state index is 12.9. The Labute approximate surface area is 182 Å². The third-order valence-corrected chi connectivity index (χ3v) is 4.66. The second-order valence-electron chi connectivity index (χ2n) is 6.17. The van der Waals surface area contributed by atoms with Crippen LogP contribution in [0, 0.1) is 5.82 Å². The zero-order valence-corrected chi connectivity index (χ0v) is 18.0. The molecule has 0 spiro atoms. The van der Waals surface area contributed by atoms with Crippen molar-refractivity contribution in [2.45, 2.75) is 13.5 Å². The number of amides is 1. The van der Waals surface area contributed by atoms with Crippen LogP contribution < -0.4 is 19.5 Å². The van der Waals surface area contributed by atoms with Crippen LogP contribution in [0.25, 0.3) is 0 Å². The minimum absolute atomic E-state index is 0.260. The molecule has 6 nitrogen and oxygen atoms in total. The first kappa shape index (κ1) is 21.6. The summed E-state index contributed by atoms with van der Waals surface area (Å²) in [4.78, 5) is 16.7. The molecule has 30 heavy (non-hydrogen) atoms. The van der Waals surface area contributed by atoms with Crippen LogP contribution in [0.3, 0.4) is 0 Å². The predicted molar refractivity (Wildman–Crippen MR) is 114 cm³/mol. The van der Waals surface area contributed by atoms with E-state index in [-0.39, 0.29) is 18.3 Å². The van der Waals surface area contributed by atoms with Gasteiger partial charge < -0.3 is 19.5 Å². The SMILES string of the molecule is CCOc1c(Br)cc(C(=O)NCc2ccc(Oc3ccc(F)cc3)nc2)cc1OC. The highest BCUT2D eigenvalue weighted by atomic mass is 79.9. The Morgan fingerprint density at radius 3 is 2.57 bits per heavy atom. The lowest BCUT2D eigenvalue weighted by atomic mass is 10.2. The summed E-state index contributed by atoms with van der Waals surface area (Å²) in [6.07, 6.45) is 1.60. The van der Waals surface area contributed by atoms with Crippen molar-refractivity contribution in [2.75, 3.05) is 13.7 Å². The van der Waals surface area contributed by atoms with Crippen molar-refractivity contribution < 1.29 is 23.4 Å². The Kier molecular flexibility index (Phi) is 7.24. The lowest BCUT2D eigenvalue weighted by Crippen LogP contribution is -2.23. The van der Waals surface area contributed by atoms with E-state index in [9.17, 15) is 9.18 Å². The first-order valence-corrected chi connectivity index (χ1v) is 9.96. The van der Waals surface area contributed by atoms with Crippen LogP contribution in [0.2, 0.25) is 0 Å². The molecule has 0 bridgehead atoms. The molecule has 0 saturated carbocycles. The van der Waals surface area contributed by atoms with Crippen molar-refractivity contribution in [3.8, 4) is 23.1 Å². The average Bonchev–Trinajstić information content (AvgIpc) is 2.76. The number of carbonyl (C=O) groups excluding carboxylic acids is 1. The quantitative estimate of drug-likeness (QED) is 0.490. The third kappa shape index (κ3) is 5.48. The van der Waals surface area contributed by atoms with E-state index in [1.807, 2.05) is 6.92 Å². The number of benzene rings is 2. The average molecular weight is 475 g/mol. The summed E-state index contributed by atoms with van der Waals surface area (Å²) < 4.78 is 30.0. The van der Waals surface area contributed by atoms with Gasteiger partial charge in [-0.15, -0.1) is 0 Å². The third-order valence-electron chi connectivity index (χ3n) is 4.07. The van der Waals surface area contributed by atoms with Gasteiger partial charge in [0.15, 0.2) is 11.5 Å². The Morgan fingerprint density at radius 2 is 1.93 bits per heavy atom. The van der Waals surface area contributed by atoms with Gasteiger partial charge >= 0.3 is 0 Å². The fourth-order valence-corrected chi connectivity index (χ4v) is 3.18. The molecule has 8 heteroatoms. The molecule has 0 unspecified atom stereocenters. The maximum atomic E-state index is 12.9. The van der Waals surface area contributed by atoms with Gasteiger partial charge in [0, 0.05) is 24.4 Å². The zero-order chi connectivity index (χ0) is 21.5. The van der Waals surface area contributed by atoms with Gasteiger partial charge in [0.25, 0.3) is 5.91 Å². The molecule has 0 atom stereocenters. The Hall–Kier alpha value is -3.13. The van der Waals surface area contributed by atoms with Crippen molar-refractivity contribution in [3.63, 3.8) is 0 Å². The first-order valence-electron chi connectivity index (χ1n) is 9.17. The molecule has 2 aromatic carbocycles. The largest absolute Gasteiger partial charge is 0.493 e. The predicted octanol–water partition coefficient (Wildman–Crippen LogP) is 5.11. The first-order chi connectivity index (χ1) is 14.5. The van der Waals surface area contributed by atoms with Crippen LogP contribution in [0.5, 0.6) is 23.1 Å². The van der Waals surface area contributed by atoms with E-state index in [0.29, 0.717) is 39.8 Å². The highest BCUT2D eigenvalue weighted by molar-refractivity contribution is 9.10. The highest BCUT2D eigenvalue weighted by Crippen LogP contribution is 2.36. The van der Waals surface area contributed by atoms with Crippen molar-refractivity contribution >= 4 is 21.8 Å². The summed E-state index contributed by atoms with van der Waals surface area (Å²) >= 11 is 3.41. The molecule has 1 amide bonds. The smallest absolute Gasteiger partial charge is 0.251 e. The number of ether oxygens (including phenoxy) is 3. The number of hydrogen-bond acceptors (Lipinski definition) is 5. The standard InChI is InChI=1S/C22H20BrFN2O4/c1-3-29-21-18(23)10-15(11-19(21)28-2)22(27)26-13-14-4-9-20(25-12-14)30-17-7-5-16(24)6-8-17/h4-12H,3,13H2,1-2H3,(H,26,27). The lowest BCUT2D eigenvalue weighted by molar-refractivity contribution is 0.0950. The molecule has 1 aromatic heterocycles. The minimum atomic E-state index is -0.335. The summed E-state index contributed by atoms with van der Waals surface area (Å²) in [5.41, 5.74) is 1.23. The normalized spacial score (nSPS) is 10.4. The number of hydrogen-bond donors (Lipinski definition) is 1. The fraction of sp³-hybridized carbons (Fsp3) is 0.182. The molecule has 156 valence electrons. The lowest BCUT2D eigenvalue weighted by Gasteiger charge is -2.13. The van der Waals surface area contributed by atoms with E-state index in [4.69, 9.17) is 14.2 Å². The Morgan fingerprint density at radius 1 is 1.17 bits per heavy atom.